The third-order valence-electron chi connectivity index (χ3n) is 4.87. The molecule has 1 unspecified atom stereocenters. The maximum Gasteiger partial charge on any atom is 0.303 e. The molecule has 0 aliphatic rings. The van der Waals surface area contributed by atoms with Crippen molar-refractivity contribution in [1.82, 2.24) is 5.32 Å². The van der Waals surface area contributed by atoms with E-state index in [0.29, 0.717) is 25.1 Å². The second-order valence-electron chi connectivity index (χ2n) is 7.89. The molecular weight excluding hydrogens is 402 g/mol. The summed E-state index contributed by atoms with van der Waals surface area (Å²) >= 11 is 0. The summed E-state index contributed by atoms with van der Waals surface area (Å²) in [5.74, 6) is 0.408. The number of hydrogen-bond donors (Lipinski definition) is 1. The van der Waals surface area contributed by atoms with Crippen molar-refractivity contribution >= 4 is 11.9 Å². The molecule has 2 aromatic rings. The lowest BCUT2D eigenvalue weighted by Gasteiger charge is -2.17. The number of rotatable bonds is 11. The van der Waals surface area contributed by atoms with Gasteiger partial charge < -0.3 is 14.8 Å². The lowest BCUT2D eigenvalue weighted by Crippen LogP contribution is -2.25. The quantitative estimate of drug-likeness (QED) is 0.386. The number of hydrogen-bond acceptors (Lipinski definition) is 4. The van der Waals surface area contributed by atoms with Crippen LogP contribution < -0.4 is 10.1 Å². The van der Waals surface area contributed by atoms with Gasteiger partial charge in [-0.05, 0) is 68.7 Å². The highest BCUT2D eigenvalue weighted by atomic mass is 16.5. The number of benzene rings is 2. The molecule has 2 rings (SSSR count). The maximum atomic E-state index is 12.1. The van der Waals surface area contributed by atoms with E-state index in [9.17, 15) is 9.59 Å². The van der Waals surface area contributed by atoms with E-state index in [1.54, 1.807) is 12.1 Å². The standard InChI is InChI=1S/C27H33NO4/c1-20(2)10-15-26(32-22(4)29)21(3)17-19-31-25-13-11-23(12-14-25)16-18-28-27(30)24-8-6-5-7-9-24/h5-14,17,26H,15-16,18-19H2,1-4H3,(H,28,30). The summed E-state index contributed by atoms with van der Waals surface area (Å²) in [6, 6.07) is 17.0. The molecule has 0 aromatic heterocycles. The average molecular weight is 436 g/mol. The average Bonchev–Trinajstić information content (AvgIpc) is 2.77. The lowest BCUT2D eigenvalue weighted by atomic mass is 10.1. The van der Waals surface area contributed by atoms with E-state index in [-0.39, 0.29) is 18.0 Å². The third-order valence-corrected chi connectivity index (χ3v) is 4.87. The van der Waals surface area contributed by atoms with Crippen LogP contribution in [-0.4, -0.2) is 31.1 Å². The summed E-state index contributed by atoms with van der Waals surface area (Å²) in [6.07, 6.45) is 5.12. The van der Waals surface area contributed by atoms with Gasteiger partial charge in [0, 0.05) is 25.5 Å². The molecule has 0 heterocycles. The summed E-state index contributed by atoms with van der Waals surface area (Å²) in [5.41, 5.74) is 3.93. The second-order valence-corrected chi connectivity index (χ2v) is 7.89. The Morgan fingerprint density at radius 2 is 1.62 bits per heavy atom. The van der Waals surface area contributed by atoms with Gasteiger partial charge in [0.25, 0.3) is 5.91 Å². The van der Waals surface area contributed by atoms with Gasteiger partial charge in [0.15, 0.2) is 0 Å². The zero-order chi connectivity index (χ0) is 23.3. The first-order valence-electron chi connectivity index (χ1n) is 10.9. The predicted octanol–water partition coefficient (Wildman–Crippen LogP) is 5.27. The molecule has 0 fully saturated rings. The van der Waals surface area contributed by atoms with Gasteiger partial charge in [0.05, 0.1) is 0 Å². The van der Waals surface area contributed by atoms with Crippen molar-refractivity contribution in [3.8, 4) is 5.75 Å². The molecule has 0 aliphatic heterocycles. The van der Waals surface area contributed by atoms with Gasteiger partial charge in [0.1, 0.15) is 18.5 Å². The Bertz CT molecular complexity index is 926. The van der Waals surface area contributed by atoms with E-state index in [0.717, 1.165) is 23.3 Å². The van der Waals surface area contributed by atoms with Gasteiger partial charge in [-0.15, -0.1) is 0 Å². The first-order valence-corrected chi connectivity index (χ1v) is 10.9. The normalized spacial score (nSPS) is 11.9. The minimum absolute atomic E-state index is 0.0654. The molecular formula is C27H33NO4. The van der Waals surface area contributed by atoms with Crippen molar-refractivity contribution in [3.63, 3.8) is 0 Å². The molecule has 1 amide bonds. The highest BCUT2D eigenvalue weighted by molar-refractivity contribution is 5.94. The van der Waals surface area contributed by atoms with Crippen LogP contribution in [0.3, 0.4) is 0 Å². The summed E-state index contributed by atoms with van der Waals surface area (Å²) in [5, 5.41) is 2.93. The largest absolute Gasteiger partial charge is 0.490 e. The molecule has 5 nitrogen and oxygen atoms in total. The smallest absolute Gasteiger partial charge is 0.303 e. The molecule has 32 heavy (non-hydrogen) atoms. The van der Waals surface area contributed by atoms with E-state index in [4.69, 9.17) is 9.47 Å². The fraction of sp³-hybridized carbons (Fsp3) is 0.333. The Morgan fingerprint density at radius 1 is 0.938 bits per heavy atom. The van der Waals surface area contributed by atoms with E-state index >= 15 is 0 Å². The molecule has 1 N–H and O–H groups in total. The van der Waals surface area contributed by atoms with Crippen molar-refractivity contribution in [1.29, 1.82) is 0 Å². The van der Waals surface area contributed by atoms with E-state index in [1.165, 1.54) is 12.5 Å². The molecule has 5 heteroatoms. The second kappa shape index (κ2) is 13.2. The van der Waals surface area contributed by atoms with Gasteiger partial charge in [-0.25, -0.2) is 0 Å². The topological polar surface area (TPSA) is 64.6 Å². The van der Waals surface area contributed by atoms with E-state index in [2.05, 4.69) is 11.4 Å². The number of allylic oxidation sites excluding steroid dienone is 1. The molecule has 0 saturated heterocycles. The number of ether oxygens (including phenoxy) is 2. The molecule has 0 spiro atoms. The Kier molecular flexibility index (Phi) is 10.2. The summed E-state index contributed by atoms with van der Waals surface area (Å²) < 4.78 is 11.2. The summed E-state index contributed by atoms with van der Waals surface area (Å²) in [4.78, 5) is 23.5. The van der Waals surface area contributed by atoms with Gasteiger partial charge in [-0.3, -0.25) is 9.59 Å². The fourth-order valence-electron chi connectivity index (χ4n) is 3.04. The number of carbonyl (C=O) groups is 2. The fourth-order valence-corrected chi connectivity index (χ4v) is 3.04. The summed E-state index contributed by atoms with van der Waals surface area (Å²) in [6.45, 7) is 8.38. The predicted molar refractivity (Wildman–Crippen MR) is 128 cm³/mol. The monoisotopic (exact) mass is 435 g/mol. The Morgan fingerprint density at radius 3 is 2.25 bits per heavy atom. The number of nitrogens with one attached hydrogen (secondary N) is 1. The van der Waals surface area contributed by atoms with Gasteiger partial charge in [-0.2, -0.15) is 0 Å². The number of amides is 1. The van der Waals surface area contributed by atoms with Crippen molar-refractivity contribution in [2.24, 2.45) is 0 Å². The van der Waals surface area contributed by atoms with Crippen molar-refractivity contribution in [3.05, 3.63) is 89.0 Å². The van der Waals surface area contributed by atoms with Gasteiger partial charge >= 0.3 is 5.97 Å². The van der Waals surface area contributed by atoms with E-state index in [1.807, 2.05) is 69.3 Å². The third kappa shape index (κ3) is 9.21. The molecule has 0 saturated carbocycles. The van der Waals surface area contributed by atoms with Crippen LogP contribution in [0.4, 0.5) is 0 Å². The zero-order valence-corrected chi connectivity index (χ0v) is 19.4. The highest BCUT2D eigenvalue weighted by Gasteiger charge is 2.12. The van der Waals surface area contributed by atoms with Gasteiger partial charge in [-0.1, -0.05) is 42.0 Å². The highest BCUT2D eigenvalue weighted by Crippen LogP contribution is 2.15. The van der Waals surface area contributed by atoms with Crippen LogP contribution in [0.15, 0.2) is 77.9 Å². The van der Waals surface area contributed by atoms with Crippen LogP contribution in [0.2, 0.25) is 0 Å². The summed E-state index contributed by atoms with van der Waals surface area (Å²) in [7, 11) is 0. The number of carbonyl (C=O) groups excluding carboxylic acids is 2. The first-order chi connectivity index (χ1) is 15.3. The number of esters is 1. The molecule has 1 atom stereocenters. The van der Waals surface area contributed by atoms with Crippen LogP contribution in [0.25, 0.3) is 0 Å². The van der Waals surface area contributed by atoms with Crippen LogP contribution in [0, 0.1) is 0 Å². The maximum absolute atomic E-state index is 12.1. The Balaban J connectivity index is 1.80. The van der Waals surface area contributed by atoms with Gasteiger partial charge in [0.2, 0.25) is 0 Å². The lowest BCUT2D eigenvalue weighted by molar-refractivity contribution is -0.144. The minimum atomic E-state index is -0.290. The van der Waals surface area contributed by atoms with Crippen molar-refractivity contribution in [2.45, 2.75) is 46.6 Å². The first kappa shape index (κ1) is 24.9. The SMILES string of the molecule is CC(=O)OC(CC=C(C)C)C(C)=CCOc1ccc(CCNC(=O)c2ccccc2)cc1. The minimum Gasteiger partial charge on any atom is -0.490 e. The van der Waals surface area contributed by atoms with Crippen LogP contribution in [-0.2, 0) is 16.0 Å². The molecule has 0 aliphatic carbocycles. The Hall–Kier alpha value is -3.34. The molecule has 2 aromatic carbocycles. The molecule has 0 radical (unpaired) electrons. The molecule has 170 valence electrons. The molecule has 0 bridgehead atoms. The van der Waals surface area contributed by atoms with Crippen LogP contribution in [0.1, 0.15) is 50.0 Å². The van der Waals surface area contributed by atoms with Crippen LogP contribution in [0.5, 0.6) is 5.75 Å². The van der Waals surface area contributed by atoms with Crippen LogP contribution >= 0.6 is 0 Å². The zero-order valence-electron chi connectivity index (χ0n) is 19.4. The van der Waals surface area contributed by atoms with Crippen molar-refractivity contribution < 1.29 is 19.1 Å². The Labute approximate surface area is 191 Å². The van der Waals surface area contributed by atoms with E-state index < -0.39 is 0 Å². The van der Waals surface area contributed by atoms with Crippen molar-refractivity contribution in [2.75, 3.05) is 13.2 Å².